The minimum atomic E-state index is -0.825. The van der Waals surface area contributed by atoms with Gasteiger partial charge in [0.15, 0.2) is 0 Å². The van der Waals surface area contributed by atoms with Crippen LogP contribution >= 0.6 is 23.2 Å². The number of ether oxygens (including phenoxy) is 2. The summed E-state index contributed by atoms with van der Waals surface area (Å²) in [5.41, 5.74) is 2.92. The summed E-state index contributed by atoms with van der Waals surface area (Å²) in [5.74, 6) is -1.11. The van der Waals surface area contributed by atoms with Crippen LogP contribution in [0.4, 0.5) is 5.69 Å². The summed E-state index contributed by atoms with van der Waals surface area (Å²) < 4.78 is 11.8. The van der Waals surface area contributed by atoms with Crippen LogP contribution in [-0.4, -0.2) is 69.6 Å². The number of likely N-dealkylation sites (tertiary alicyclic amines) is 1. The Labute approximate surface area is 275 Å². The molecule has 0 bridgehead atoms. The van der Waals surface area contributed by atoms with Crippen molar-refractivity contribution >= 4 is 40.8 Å². The molecule has 46 heavy (non-hydrogen) atoms. The zero-order chi connectivity index (χ0) is 33.0. The van der Waals surface area contributed by atoms with Gasteiger partial charge in [0.2, 0.25) is 5.88 Å². The first-order chi connectivity index (χ1) is 22.1. The van der Waals surface area contributed by atoms with Gasteiger partial charge < -0.3 is 19.9 Å². The highest BCUT2D eigenvalue weighted by Gasteiger charge is 2.34. The first-order valence-corrected chi connectivity index (χ1v) is 15.4. The summed E-state index contributed by atoms with van der Waals surface area (Å²) in [7, 11) is 3.00. The van der Waals surface area contributed by atoms with Crippen molar-refractivity contribution < 1.29 is 24.2 Å². The molecule has 1 aliphatic heterocycles. The maximum Gasteiger partial charge on any atom is 0.311 e. The van der Waals surface area contributed by atoms with E-state index in [9.17, 15) is 19.5 Å². The highest BCUT2D eigenvalue weighted by Crippen LogP contribution is 2.41. The van der Waals surface area contributed by atoms with Crippen LogP contribution in [0.5, 0.6) is 5.88 Å². The topological polar surface area (TPSA) is 136 Å². The molecule has 5 rings (SSSR count). The fraction of sp³-hybridized carbons (Fsp3) is 0.303. The Morgan fingerprint density at radius 1 is 1.04 bits per heavy atom. The molecule has 2 N–H and O–H groups in total. The Balaban J connectivity index is 1.37. The predicted octanol–water partition coefficient (Wildman–Crippen LogP) is 4.82. The van der Waals surface area contributed by atoms with Crippen molar-refractivity contribution in [3.05, 3.63) is 92.3 Å². The zero-order valence-electron chi connectivity index (χ0n) is 25.5. The standard InChI is InChI=1S/C33H33Cl2N5O6/c1-4-46-33(44)23-14-16-40(18-27(23)41)17-19-11-12-25(38-31(19)45-3)22-9-5-7-20(28(22)34)21-8-6-10-26(29(21)35)37-30(42)24-13-15-36-39(2)32(24)43/h5-13,15,23,27,41H,4,14,16-18H2,1-3H3,(H,37,42)/t23?,27-/m1/s1. The van der Waals surface area contributed by atoms with E-state index in [1.54, 1.807) is 25.1 Å². The number of aliphatic hydroxyl groups excluding tert-OH is 1. The van der Waals surface area contributed by atoms with E-state index < -0.39 is 23.5 Å². The zero-order valence-corrected chi connectivity index (χ0v) is 27.0. The number of β-amino-alcohol motifs (C(OH)–C–C–N with tert-alkyl or cyclic N) is 1. The normalized spacial score (nSPS) is 16.6. The molecule has 0 saturated carbocycles. The number of carbonyl (C=O) groups is 2. The molecule has 2 aromatic carbocycles. The predicted molar refractivity (Wildman–Crippen MR) is 175 cm³/mol. The van der Waals surface area contributed by atoms with Crippen LogP contribution in [0.15, 0.2) is 65.6 Å². The number of benzene rings is 2. The summed E-state index contributed by atoms with van der Waals surface area (Å²) in [5, 5.41) is 17.8. The number of hydrogen-bond acceptors (Lipinski definition) is 9. The van der Waals surface area contributed by atoms with Crippen LogP contribution in [0.1, 0.15) is 29.3 Å². The van der Waals surface area contributed by atoms with Crippen LogP contribution in [0.3, 0.4) is 0 Å². The van der Waals surface area contributed by atoms with Crippen molar-refractivity contribution in [2.24, 2.45) is 13.0 Å². The molecule has 1 aliphatic rings. The van der Waals surface area contributed by atoms with Gasteiger partial charge in [-0.05, 0) is 38.1 Å². The van der Waals surface area contributed by atoms with Crippen molar-refractivity contribution in [1.82, 2.24) is 19.7 Å². The molecule has 2 atom stereocenters. The number of nitrogens with zero attached hydrogens (tertiary/aromatic N) is 4. The first-order valence-electron chi connectivity index (χ1n) is 14.6. The molecule has 1 unspecified atom stereocenters. The first kappa shape index (κ1) is 33.1. The molecular formula is C33H33Cl2N5O6. The second kappa shape index (κ2) is 14.4. The number of rotatable bonds is 9. The molecule has 1 amide bonds. The lowest BCUT2D eigenvalue weighted by molar-refractivity contribution is -0.155. The molecule has 4 aromatic rings. The summed E-state index contributed by atoms with van der Waals surface area (Å²) in [6.07, 6.45) is 1.04. The van der Waals surface area contributed by atoms with Gasteiger partial charge in [0.1, 0.15) is 5.56 Å². The lowest BCUT2D eigenvalue weighted by Crippen LogP contribution is -2.46. The van der Waals surface area contributed by atoms with Crippen molar-refractivity contribution in [2.75, 3.05) is 32.1 Å². The molecule has 2 aromatic heterocycles. The third-order valence-electron chi connectivity index (χ3n) is 7.84. The Kier molecular flexibility index (Phi) is 10.4. The number of pyridine rings is 1. The number of aryl methyl sites for hydroxylation is 1. The lowest BCUT2D eigenvalue weighted by atomic mass is 9.93. The van der Waals surface area contributed by atoms with Crippen LogP contribution in [0.25, 0.3) is 22.4 Å². The average molecular weight is 667 g/mol. The number of amides is 1. The number of nitrogens with one attached hydrogen (secondary N) is 1. The number of aliphatic hydroxyl groups is 1. The molecule has 11 nitrogen and oxygen atoms in total. The quantitative estimate of drug-likeness (QED) is 0.241. The van der Waals surface area contributed by atoms with Crippen LogP contribution < -0.4 is 15.6 Å². The van der Waals surface area contributed by atoms with E-state index in [-0.39, 0.29) is 23.2 Å². The Morgan fingerprint density at radius 2 is 1.76 bits per heavy atom. The number of methoxy groups -OCH3 is 1. The van der Waals surface area contributed by atoms with Crippen molar-refractivity contribution in [3.63, 3.8) is 0 Å². The maximum atomic E-state index is 12.9. The fourth-order valence-corrected chi connectivity index (χ4v) is 6.06. The van der Waals surface area contributed by atoms with Gasteiger partial charge in [-0.25, -0.2) is 9.67 Å². The molecule has 1 saturated heterocycles. The molecule has 240 valence electrons. The monoisotopic (exact) mass is 665 g/mol. The third-order valence-corrected chi connectivity index (χ3v) is 8.66. The number of hydrogen-bond donors (Lipinski definition) is 2. The molecule has 0 radical (unpaired) electrons. The summed E-state index contributed by atoms with van der Waals surface area (Å²) in [4.78, 5) is 44.2. The molecule has 3 heterocycles. The number of anilines is 1. The van der Waals surface area contributed by atoms with E-state index in [4.69, 9.17) is 37.7 Å². The summed E-state index contributed by atoms with van der Waals surface area (Å²) >= 11 is 13.7. The number of esters is 1. The highest BCUT2D eigenvalue weighted by molar-refractivity contribution is 6.39. The van der Waals surface area contributed by atoms with Gasteiger partial charge in [0.05, 0.1) is 47.2 Å². The van der Waals surface area contributed by atoms with E-state index in [0.717, 1.165) is 10.2 Å². The summed E-state index contributed by atoms with van der Waals surface area (Å²) in [6.45, 7) is 3.43. The second-order valence-electron chi connectivity index (χ2n) is 10.8. The van der Waals surface area contributed by atoms with Crippen LogP contribution in [0, 0.1) is 5.92 Å². The van der Waals surface area contributed by atoms with Gasteiger partial charge in [0.25, 0.3) is 11.5 Å². The second-order valence-corrected chi connectivity index (χ2v) is 11.5. The molecule has 0 spiro atoms. The average Bonchev–Trinajstić information content (AvgIpc) is 3.04. The van der Waals surface area contributed by atoms with Gasteiger partial charge in [-0.3, -0.25) is 19.3 Å². The van der Waals surface area contributed by atoms with Crippen molar-refractivity contribution in [1.29, 1.82) is 0 Å². The smallest absolute Gasteiger partial charge is 0.311 e. The minimum absolute atomic E-state index is 0.0696. The van der Waals surface area contributed by atoms with Gasteiger partial charge in [-0.2, -0.15) is 5.10 Å². The lowest BCUT2D eigenvalue weighted by Gasteiger charge is -2.34. The number of piperidine rings is 1. The Bertz CT molecular complexity index is 1830. The fourth-order valence-electron chi connectivity index (χ4n) is 5.46. The molecular weight excluding hydrogens is 633 g/mol. The molecule has 1 fully saturated rings. The van der Waals surface area contributed by atoms with Gasteiger partial charge in [-0.1, -0.05) is 59.6 Å². The number of aromatic nitrogens is 3. The largest absolute Gasteiger partial charge is 0.481 e. The molecule has 0 aliphatic carbocycles. The van der Waals surface area contributed by atoms with Gasteiger partial charge >= 0.3 is 5.97 Å². The molecule has 13 heteroatoms. The summed E-state index contributed by atoms with van der Waals surface area (Å²) in [6, 6.07) is 15.7. The minimum Gasteiger partial charge on any atom is -0.481 e. The van der Waals surface area contributed by atoms with E-state index in [1.807, 2.05) is 35.2 Å². The Hall–Kier alpha value is -4.29. The van der Waals surface area contributed by atoms with E-state index in [0.29, 0.717) is 65.0 Å². The SMILES string of the molecule is CCOC(=O)C1CCN(Cc2ccc(-c3cccc(-c4cccc(NC(=O)c5ccnn(C)c5=O)c4Cl)c3Cl)nc2OC)C[C@H]1O. The van der Waals surface area contributed by atoms with Crippen molar-refractivity contribution in [2.45, 2.75) is 26.0 Å². The number of halogens is 2. The maximum absolute atomic E-state index is 12.9. The van der Waals surface area contributed by atoms with E-state index in [1.165, 1.54) is 26.4 Å². The van der Waals surface area contributed by atoms with Crippen LogP contribution in [-0.2, 0) is 23.1 Å². The van der Waals surface area contributed by atoms with Crippen LogP contribution in [0.2, 0.25) is 10.0 Å². The number of carbonyl (C=O) groups excluding carboxylic acids is 2. The van der Waals surface area contributed by atoms with Gasteiger partial charge in [-0.15, -0.1) is 0 Å². The van der Waals surface area contributed by atoms with E-state index in [2.05, 4.69) is 10.4 Å². The van der Waals surface area contributed by atoms with E-state index >= 15 is 0 Å². The third kappa shape index (κ3) is 6.92. The Morgan fingerprint density at radius 3 is 2.48 bits per heavy atom. The van der Waals surface area contributed by atoms with Crippen molar-refractivity contribution in [3.8, 4) is 28.3 Å². The van der Waals surface area contributed by atoms with Gasteiger partial charge in [0, 0.05) is 48.6 Å². The highest BCUT2D eigenvalue weighted by atomic mass is 35.5.